The molecule has 0 unspecified atom stereocenters. The van der Waals surface area contributed by atoms with E-state index in [1.165, 1.54) is 5.56 Å². The van der Waals surface area contributed by atoms with Crippen molar-refractivity contribution in [2.24, 2.45) is 5.73 Å². The van der Waals surface area contributed by atoms with Gasteiger partial charge in [-0.25, -0.2) is 4.98 Å². The van der Waals surface area contributed by atoms with Crippen LogP contribution in [0.5, 0.6) is 0 Å². The number of nitrogens with two attached hydrogens (primary N) is 1. The summed E-state index contributed by atoms with van der Waals surface area (Å²) in [5.74, 6) is 0. The number of rotatable bonds is 3. The van der Waals surface area contributed by atoms with Gasteiger partial charge in [0, 0.05) is 23.8 Å². The second kappa shape index (κ2) is 5.09. The summed E-state index contributed by atoms with van der Waals surface area (Å²) in [6.07, 6.45) is 3.36. The maximum atomic E-state index is 5.62. The summed E-state index contributed by atoms with van der Waals surface area (Å²) in [7, 11) is 0. The van der Waals surface area contributed by atoms with Gasteiger partial charge in [0.15, 0.2) is 0 Å². The van der Waals surface area contributed by atoms with Crippen molar-refractivity contribution in [3.8, 4) is 0 Å². The van der Waals surface area contributed by atoms with Crippen molar-refractivity contribution < 1.29 is 0 Å². The molecular weight excluding hydrogens is 218 g/mol. The molecule has 0 bridgehead atoms. The normalized spacial score (nSPS) is 10.4. The van der Waals surface area contributed by atoms with Crippen molar-refractivity contribution in [2.75, 3.05) is 0 Å². The molecule has 2 rings (SSSR count). The first-order chi connectivity index (χ1) is 7.79. The van der Waals surface area contributed by atoms with Gasteiger partial charge in [0.2, 0.25) is 0 Å². The predicted octanol–water partition coefficient (Wildman–Crippen LogP) is 2.39. The van der Waals surface area contributed by atoms with Crippen molar-refractivity contribution in [3.63, 3.8) is 0 Å². The SMILES string of the molecule is Cc1cccc(Sc2nccnc2CN)c1. The smallest absolute Gasteiger partial charge is 0.124 e. The van der Waals surface area contributed by atoms with Crippen molar-refractivity contribution in [3.05, 3.63) is 47.9 Å². The highest BCUT2D eigenvalue weighted by atomic mass is 32.2. The largest absolute Gasteiger partial charge is 0.325 e. The molecule has 0 saturated heterocycles. The maximum absolute atomic E-state index is 5.62. The lowest BCUT2D eigenvalue weighted by atomic mass is 10.2. The van der Waals surface area contributed by atoms with Gasteiger partial charge >= 0.3 is 0 Å². The van der Waals surface area contributed by atoms with Crippen LogP contribution in [0.3, 0.4) is 0 Å². The molecule has 0 aliphatic heterocycles. The van der Waals surface area contributed by atoms with Crippen molar-refractivity contribution in [1.82, 2.24) is 9.97 Å². The van der Waals surface area contributed by atoms with Crippen LogP contribution in [0.15, 0.2) is 46.6 Å². The standard InChI is InChI=1S/C12H13N3S/c1-9-3-2-4-10(7-9)16-12-11(8-13)14-5-6-15-12/h2-7H,8,13H2,1H3. The zero-order valence-corrected chi connectivity index (χ0v) is 9.87. The minimum absolute atomic E-state index is 0.419. The maximum Gasteiger partial charge on any atom is 0.124 e. The Labute approximate surface area is 99.1 Å². The third-order valence-corrected chi connectivity index (χ3v) is 3.16. The Morgan fingerprint density at radius 2 is 2.06 bits per heavy atom. The van der Waals surface area contributed by atoms with E-state index in [1.807, 2.05) is 6.07 Å². The monoisotopic (exact) mass is 231 g/mol. The third kappa shape index (κ3) is 2.59. The van der Waals surface area contributed by atoms with Gasteiger partial charge in [-0.3, -0.25) is 4.98 Å². The molecule has 0 aliphatic rings. The van der Waals surface area contributed by atoms with E-state index in [0.717, 1.165) is 15.6 Å². The summed E-state index contributed by atoms with van der Waals surface area (Å²) in [5.41, 5.74) is 7.70. The van der Waals surface area contributed by atoms with E-state index < -0.39 is 0 Å². The Morgan fingerprint density at radius 3 is 2.81 bits per heavy atom. The predicted molar refractivity (Wildman–Crippen MR) is 65.2 cm³/mol. The molecule has 0 radical (unpaired) electrons. The summed E-state index contributed by atoms with van der Waals surface area (Å²) >= 11 is 1.60. The van der Waals surface area contributed by atoms with Crippen molar-refractivity contribution >= 4 is 11.8 Å². The Bertz CT molecular complexity index is 485. The Hall–Kier alpha value is -1.39. The highest BCUT2D eigenvalue weighted by Gasteiger charge is 2.05. The number of benzene rings is 1. The van der Waals surface area contributed by atoms with Crippen LogP contribution in [0, 0.1) is 6.92 Å². The quantitative estimate of drug-likeness (QED) is 0.881. The molecule has 1 aromatic heterocycles. The summed E-state index contributed by atoms with van der Waals surface area (Å²) in [6.45, 7) is 2.49. The van der Waals surface area contributed by atoms with Crippen LogP contribution in [0.25, 0.3) is 0 Å². The second-order valence-corrected chi connectivity index (χ2v) is 4.49. The Balaban J connectivity index is 2.26. The molecular formula is C12H13N3S. The minimum atomic E-state index is 0.419. The zero-order valence-electron chi connectivity index (χ0n) is 9.05. The molecule has 16 heavy (non-hydrogen) atoms. The van der Waals surface area contributed by atoms with Gasteiger partial charge in [0.25, 0.3) is 0 Å². The molecule has 3 nitrogen and oxygen atoms in total. The molecule has 0 spiro atoms. The number of hydrogen-bond acceptors (Lipinski definition) is 4. The molecule has 82 valence electrons. The lowest BCUT2D eigenvalue weighted by Crippen LogP contribution is -2.02. The first-order valence-corrected chi connectivity index (χ1v) is 5.85. The topological polar surface area (TPSA) is 51.8 Å². The molecule has 0 fully saturated rings. The van der Waals surface area contributed by atoms with E-state index in [9.17, 15) is 0 Å². The highest BCUT2D eigenvalue weighted by Crippen LogP contribution is 2.27. The van der Waals surface area contributed by atoms with Gasteiger partial charge in [0.05, 0.1) is 5.69 Å². The first-order valence-electron chi connectivity index (χ1n) is 5.04. The average Bonchev–Trinajstić information content (AvgIpc) is 2.30. The van der Waals surface area contributed by atoms with Crippen LogP contribution in [-0.2, 0) is 6.54 Å². The summed E-state index contributed by atoms with van der Waals surface area (Å²) < 4.78 is 0. The highest BCUT2D eigenvalue weighted by molar-refractivity contribution is 7.99. The average molecular weight is 231 g/mol. The molecule has 1 aromatic carbocycles. The van der Waals surface area contributed by atoms with Crippen LogP contribution in [0.1, 0.15) is 11.3 Å². The molecule has 4 heteroatoms. The van der Waals surface area contributed by atoms with Gasteiger partial charge in [-0.2, -0.15) is 0 Å². The molecule has 1 heterocycles. The van der Waals surface area contributed by atoms with Crippen LogP contribution >= 0.6 is 11.8 Å². The van der Waals surface area contributed by atoms with Crippen LogP contribution in [0.4, 0.5) is 0 Å². The van der Waals surface area contributed by atoms with E-state index in [1.54, 1.807) is 24.2 Å². The van der Waals surface area contributed by atoms with E-state index in [-0.39, 0.29) is 0 Å². The molecule has 2 aromatic rings. The van der Waals surface area contributed by atoms with E-state index >= 15 is 0 Å². The van der Waals surface area contributed by atoms with Gasteiger partial charge in [0.1, 0.15) is 5.03 Å². The van der Waals surface area contributed by atoms with Gasteiger partial charge in [-0.1, -0.05) is 29.5 Å². The zero-order chi connectivity index (χ0) is 11.4. The van der Waals surface area contributed by atoms with Gasteiger partial charge in [-0.05, 0) is 19.1 Å². The van der Waals surface area contributed by atoms with E-state index in [2.05, 4.69) is 35.1 Å². The number of aromatic nitrogens is 2. The van der Waals surface area contributed by atoms with E-state index in [0.29, 0.717) is 6.54 Å². The minimum Gasteiger partial charge on any atom is -0.325 e. The lowest BCUT2D eigenvalue weighted by molar-refractivity contribution is 0.886. The van der Waals surface area contributed by atoms with Gasteiger partial charge in [-0.15, -0.1) is 0 Å². The van der Waals surface area contributed by atoms with Crippen LogP contribution in [-0.4, -0.2) is 9.97 Å². The molecule has 0 amide bonds. The molecule has 0 saturated carbocycles. The Morgan fingerprint density at radius 1 is 1.25 bits per heavy atom. The van der Waals surface area contributed by atoms with Gasteiger partial charge < -0.3 is 5.73 Å². The summed E-state index contributed by atoms with van der Waals surface area (Å²) in [6, 6.07) is 8.30. The molecule has 0 aliphatic carbocycles. The second-order valence-electron chi connectivity index (χ2n) is 3.43. The summed E-state index contributed by atoms with van der Waals surface area (Å²) in [4.78, 5) is 9.66. The Kier molecular flexibility index (Phi) is 3.54. The third-order valence-electron chi connectivity index (χ3n) is 2.13. The van der Waals surface area contributed by atoms with Crippen LogP contribution in [0.2, 0.25) is 0 Å². The van der Waals surface area contributed by atoms with Crippen molar-refractivity contribution in [1.29, 1.82) is 0 Å². The first kappa shape index (κ1) is 11.1. The number of nitrogens with zero attached hydrogens (tertiary/aromatic N) is 2. The van der Waals surface area contributed by atoms with Crippen LogP contribution < -0.4 is 5.73 Å². The fourth-order valence-corrected chi connectivity index (χ4v) is 2.35. The number of hydrogen-bond donors (Lipinski definition) is 1. The summed E-state index contributed by atoms with van der Waals surface area (Å²) in [5, 5.41) is 0.885. The number of aryl methyl sites for hydroxylation is 1. The molecule has 0 atom stereocenters. The van der Waals surface area contributed by atoms with E-state index in [4.69, 9.17) is 5.73 Å². The lowest BCUT2D eigenvalue weighted by Gasteiger charge is -2.05. The fourth-order valence-electron chi connectivity index (χ4n) is 1.37. The fraction of sp³-hybridized carbons (Fsp3) is 0.167. The van der Waals surface area contributed by atoms with Crippen molar-refractivity contribution in [2.45, 2.75) is 23.4 Å². The molecule has 2 N–H and O–H groups in total.